The molecule has 3 heterocycles. The number of amides is 1. The number of rotatable bonds is 9. The van der Waals surface area contributed by atoms with E-state index < -0.39 is 36.6 Å². The van der Waals surface area contributed by atoms with Crippen LogP contribution in [0.25, 0.3) is 11.2 Å². The average Bonchev–Trinajstić information content (AvgIpc) is 3.53. The minimum absolute atomic E-state index is 0.181. The minimum atomic E-state index is -1.41. The largest absolute Gasteiger partial charge is 0.508 e. The summed E-state index contributed by atoms with van der Waals surface area (Å²) in [4.78, 5) is 37.7. The number of carbonyl (C=O) groups is 2. The maximum atomic E-state index is 12.3. The number of carbonyl (C=O) groups excluding carboxylic acids is 2. The van der Waals surface area contributed by atoms with Crippen molar-refractivity contribution in [1.82, 2.24) is 24.8 Å². The minimum Gasteiger partial charge on any atom is -0.434 e. The molecule has 13 heteroatoms. The summed E-state index contributed by atoms with van der Waals surface area (Å²) in [5, 5.41) is 23.7. The highest BCUT2D eigenvalue weighted by Crippen LogP contribution is 2.34. The first-order valence-corrected chi connectivity index (χ1v) is 14.0. The molecule has 41 heavy (non-hydrogen) atoms. The SMILES string of the molecule is CCNC(=O)[C@H]1O[C@@H](n2cnc3c(N)nc(CC4CCC(COC(=O)OCc5ccccc5)CC4)nc32)C(O)C1O. The van der Waals surface area contributed by atoms with Gasteiger partial charge in [0.2, 0.25) is 0 Å². The fourth-order valence-corrected chi connectivity index (χ4v) is 5.45. The van der Waals surface area contributed by atoms with Crippen LogP contribution in [-0.2, 0) is 32.0 Å². The van der Waals surface area contributed by atoms with Gasteiger partial charge in [-0.25, -0.2) is 19.7 Å². The molecule has 4 atom stereocenters. The van der Waals surface area contributed by atoms with E-state index in [0.29, 0.717) is 42.5 Å². The number of likely N-dealkylation sites (N-methyl/N-ethyl adjacent to an activating group) is 1. The third-order valence-corrected chi connectivity index (χ3v) is 7.69. The Morgan fingerprint density at radius 2 is 1.80 bits per heavy atom. The van der Waals surface area contributed by atoms with Gasteiger partial charge in [-0.15, -0.1) is 0 Å². The molecular formula is C28H36N6O7. The number of aromatic nitrogens is 4. The van der Waals surface area contributed by atoms with Gasteiger partial charge in [0.05, 0.1) is 12.9 Å². The number of ether oxygens (including phenoxy) is 3. The van der Waals surface area contributed by atoms with Crippen LogP contribution >= 0.6 is 0 Å². The van der Waals surface area contributed by atoms with E-state index in [1.165, 1.54) is 10.9 Å². The lowest BCUT2D eigenvalue weighted by molar-refractivity contribution is -0.137. The van der Waals surface area contributed by atoms with Crippen molar-refractivity contribution in [2.24, 2.45) is 11.8 Å². The van der Waals surface area contributed by atoms with Crippen LogP contribution in [0.3, 0.4) is 0 Å². The number of nitrogens with one attached hydrogen (secondary N) is 1. The molecule has 2 unspecified atom stereocenters. The van der Waals surface area contributed by atoms with Gasteiger partial charge in [0.1, 0.15) is 30.2 Å². The zero-order valence-corrected chi connectivity index (χ0v) is 22.9. The predicted molar refractivity (Wildman–Crippen MR) is 146 cm³/mol. The Hall–Kier alpha value is -3.81. The van der Waals surface area contributed by atoms with E-state index in [1.54, 1.807) is 6.92 Å². The number of anilines is 1. The van der Waals surface area contributed by atoms with Crippen molar-refractivity contribution in [3.63, 3.8) is 0 Å². The Morgan fingerprint density at radius 1 is 1.07 bits per heavy atom. The number of nitrogen functional groups attached to an aromatic ring is 1. The van der Waals surface area contributed by atoms with E-state index in [4.69, 9.17) is 19.9 Å². The first-order valence-electron chi connectivity index (χ1n) is 14.0. The Balaban J connectivity index is 1.16. The summed E-state index contributed by atoms with van der Waals surface area (Å²) in [6.07, 6.45) is -0.105. The van der Waals surface area contributed by atoms with Gasteiger partial charge < -0.3 is 35.5 Å². The molecule has 3 aromatic rings. The van der Waals surface area contributed by atoms with Gasteiger partial charge in [0.15, 0.2) is 23.8 Å². The highest BCUT2D eigenvalue weighted by atomic mass is 16.7. The van der Waals surface area contributed by atoms with Gasteiger partial charge >= 0.3 is 6.16 Å². The van der Waals surface area contributed by atoms with Crippen molar-refractivity contribution < 1.29 is 34.0 Å². The van der Waals surface area contributed by atoms with Crippen LogP contribution in [0.15, 0.2) is 36.7 Å². The second-order valence-corrected chi connectivity index (χ2v) is 10.6. The van der Waals surface area contributed by atoms with Crippen LogP contribution in [-0.4, -0.2) is 73.3 Å². The van der Waals surface area contributed by atoms with E-state index in [1.807, 2.05) is 30.3 Å². The molecule has 13 nitrogen and oxygen atoms in total. The molecule has 5 rings (SSSR count). The molecule has 2 aromatic heterocycles. The quantitative estimate of drug-likeness (QED) is 0.276. The number of aliphatic hydroxyl groups is 2. The molecule has 0 bridgehead atoms. The van der Waals surface area contributed by atoms with Crippen LogP contribution in [0.5, 0.6) is 0 Å². The Bertz CT molecular complexity index is 1340. The van der Waals surface area contributed by atoms with E-state index in [-0.39, 0.29) is 18.3 Å². The molecular weight excluding hydrogens is 532 g/mol. The number of nitrogens with two attached hydrogens (primary N) is 1. The second-order valence-electron chi connectivity index (χ2n) is 10.6. The highest BCUT2D eigenvalue weighted by molar-refractivity contribution is 5.83. The monoisotopic (exact) mass is 568 g/mol. The zero-order chi connectivity index (χ0) is 28.9. The molecule has 0 radical (unpaired) electrons. The van der Waals surface area contributed by atoms with E-state index in [2.05, 4.69) is 20.3 Å². The standard InChI is InChI=1S/C28H36N6O7/c1-2-30-26(37)23-21(35)22(36)27(41-23)34-15-31-20-24(29)32-19(33-25(20)34)12-16-8-10-18(11-9-16)14-40-28(38)39-13-17-6-4-3-5-7-17/h3-7,15-16,18,21-23,27,35-36H,2,8-14H2,1H3,(H,30,37)(H2,29,32,33)/t16?,18?,21?,22?,23-,27+/m0/s1. The summed E-state index contributed by atoms with van der Waals surface area (Å²) in [5.41, 5.74) is 7.81. The lowest BCUT2D eigenvalue weighted by Gasteiger charge is -2.27. The van der Waals surface area contributed by atoms with Crippen molar-refractivity contribution in [2.45, 2.75) is 70.2 Å². The van der Waals surface area contributed by atoms with Crippen LogP contribution in [0.2, 0.25) is 0 Å². The molecule has 1 aromatic carbocycles. The van der Waals surface area contributed by atoms with Crippen LogP contribution < -0.4 is 11.1 Å². The van der Waals surface area contributed by atoms with Gasteiger partial charge in [-0.2, -0.15) is 0 Å². The first kappa shape index (κ1) is 28.7. The highest BCUT2D eigenvalue weighted by Gasteiger charge is 2.47. The van der Waals surface area contributed by atoms with Gasteiger partial charge in [0.25, 0.3) is 5.91 Å². The molecule has 1 saturated carbocycles. The third-order valence-electron chi connectivity index (χ3n) is 7.69. The average molecular weight is 569 g/mol. The Kier molecular flexibility index (Phi) is 8.96. The maximum Gasteiger partial charge on any atom is 0.508 e. The molecule has 1 saturated heterocycles. The van der Waals surface area contributed by atoms with E-state index >= 15 is 0 Å². The molecule has 2 aliphatic rings. The first-order chi connectivity index (χ1) is 19.8. The van der Waals surface area contributed by atoms with Crippen LogP contribution in [0, 0.1) is 11.8 Å². The number of imidazole rings is 1. The molecule has 0 spiro atoms. The van der Waals surface area contributed by atoms with Crippen molar-refractivity contribution in [3.05, 3.63) is 48.0 Å². The summed E-state index contributed by atoms with van der Waals surface area (Å²) in [6, 6.07) is 9.45. The molecule has 2 fully saturated rings. The smallest absolute Gasteiger partial charge is 0.434 e. The van der Waals surface area contributed by atoms with Crippen molar-refractivity contribution >= 4 is 29.0 Å². The molecule has 1 aliphatic heterocycles. The topological polar surface area (TPSA) is 184 Å². The zero-order valence-electron chi connectivity index (χ0n) is 22.9. The van der Waals surface area contributed by atoms with Gasteiger partial charge in [-0.3, -0.25) is 9.36 Å². The summed E-state index contributed by atoms with van der Waals surface area (Å²) in [7, 11) is 0. The number of hydrogen-bond acceptors (Lipinski definition) is 11. The molecule has 5 N–H and O–H groups in total. The molecule has 1 amide bonds. The van der Waals surface area contributed by atoms with Gasteiger partial charge in [0, 0.05) is 13.0 Å². The predicted octanol–water partition coefficient (Wildman–Crippen LogP) is 1.87. The number of nitrogens with zero attached hydrogens (tertiary/aromatic N) is 4. The summed E-state index contributed by atoms with van der Waals surface area (Å²) >= 11 is 0. The van der Waals surface area contributed by atoms with E-state index in [0.717, 1.165) is 31.2 Å². The lowest BCUT2D eigenvalue weighted by atomic mass is 9.81. The lowest BCUT2D eigenvalue weighted by Crippen LogP contribution is -2.42. The molecule has 1 aliphatic carbocycles. The van der Waals surface area contributed by atoms with Crippen molar-refractivity contribution in [3.8, 4) is 0 Å². The van der Waals surface area contributed by atoms with Gasteiger partial charge in [-0.05, 0) is 50.0 Å². The second kappa shape index (κ2) is 12.8. The normalized spacial score (nSPS) is 26.1. The Morgan fingerprint density at radius 3 is 2.54 bits per heavy atom. The number of aliphatic hydroxyl groups excluding tert-OH is 2. The summed E-state index contributed by atoms with van der Waals surface area (Å²) < 4.78 is 17.7. The van der Waals surface area contributed by atoms with Crippen molar-refractivity contribution in [2.75, 3.05) is 18.9 Å². The van der Waals surface area contributed by atoms with Crippen LogP contribution in [0.4, 0.5) is 10.6 Å². The summed E-state index contributed by atoms with van der Waals surface area (Å²) in [6.45, 7) is 2.62. The molecule has 220 valence electrons. The summed E-state index contributed by atoms with van der Waals surface area (Å²) in [5.74, 6) is 0.811. The van der Waals surface area contributed by atoms with Crippen molar-refractivity contribution in [1.29, 1.82) is 0 Å². The number of fused-ring (bicyclic) bond motifs is 1. The Labute approximate surface area is 237 Å². The van der Waals surface area contributed by atoms with Gasteiger partial charge in [-0.1, -0.05) is 30.3 Å². The number of benzene rings is 1. The third kappa shape index (κ3) is 6.58. The fourth-order valence-electron chi connectivity index (χ4n) is 5.45. The maximum absolute atomic E-state index is 12.3. The van der Waals surface area contributed by atoms with Crippen LogP contribution in [0.1, 0.15) is 50.2 Å². The van der Waals surface area contributed by atoms with E-state index in [9.17, 15) is 19.8 Å². The number of hydrogen-bond donors (Lipinski definition) is 4. The fraction of sp³-hybridized carbons (Fsp3) is 0.536.